The van der Waals surface area contributed by atoms with Crippen molar-refractivity contribution in [2.24, 2.45) is 0 Å². The van der Waals surface area contributed by atoms with Crippen molar-refractivity contribution >= 4 is 28.5 Å². The number of aromatic amines is 1. The quantitative estimate of drug-likeness (QED) is 0.455. The van der Waals surface area contributed by atoms with E-state index in [1.54, 1.807) is 27.5 Å². The van der Waals surface area contributed by atoms with Crippen LogP contribution in [0.1, 0.15) is 5.69 Å². The van der Waals surface area contributed by atoms with Crippen molar-refractivity contribution in [3.8, 4) is 28.5 Å². The van der Waals surface area contributed by atoms with Crippen molar-refractivity contribution < 1.29 is 14.2 Å². The first kappa shape index (κ1) is 19.8. The summed E-state index contributed by atoms with van der Waals surface area (Å²) < 4.78 is 16.2. The van der Waals surface area contributed by atoms with Gasteiger partial charge in [-0.2, -0.15) is 5.10 Å². The summed E-state index contributed by atoms with van der Waals surface area (Å²) in [6.45, 7) is 0.507. The first-order valence-electron chi connectivity index (χ1n) is 9.12. The van der Waals surface area contributed by atoms with Crippen LogP contribution in [0.25, 0.3) is 22.2 Å². The molecule has 4 rings (SSSR count). The fourth-order valence-electron chi connectivity index (χ4n) is 3.18. The highest BCUT2D eigenvalue weighted by molar-refractivity contribution is 6.31. The number of fused-ring (bicyclic) bond motifs is 1. The van der Waals surface area contributed by atoms with E-state index < -0.39 is 0 Å². The van der Waals surface area contributed by atoms with Crippen molar-refractivity contribution in [1.82, 2.24) is 20.2 Å². The minimum absolute atomic E-state index is 0.401. The van der Waals surface area contributed by atoms with Crippen LogP contribution in [0.2, 0.25) is 5.02 Å². The zero-order valence-electron chi connectivity index (χ0n) is 16.7. The van der Waals surface area contributed by atoms with Crippen LogP contribution in [0, 0.1) is 0 Å². The highest BCUT2D eigenvalue weighted by Gasteiger charge is 2.15. The van der Waals surface area contributed by atoms with Gasteiger partial charge in [-0.05, 0) is 36.4 Å². The molecule has 4 aromatic rings. The first-order chi connectivity index (χ1) is 14.6. The molecule has 30 heavy (non-hydrogen) atoms. The molecule has 2 heterocycles. The maximum atomic E-state index is 6.06. The molecule has 8 nitrogen and oxygen atoms in total. The summed E-state index contributed by atoms with van der Waals surface area (Å²) >= 11 is 6.06. The maximum absolute atomic E-state index is 6.06. The maximum Gasteiger partial charge on any atom is 0.243 e. The van der Waals surface area contributed by atoms with E-state index in [9.17, 15) is 0 Å². The van der Waals surface area contributed by atoms with Crippen LogP contribution >= 0.6 is 11.6 Å². The van der Waals surface area contributed by atoms with E-state index in [1.807, 2.05) is 36.4 Å². The number of methoxy groups -OCH3 is 3. The van der Waals surface area contributed by atoms with Crippen molar-refractivity contribution in [3.05, 3.63) is 53.3 Å². The largest absolute Gasteiger partial charge is 0.493 e. The minimum Gasteiger partial charge on any atom is -0.493 e. The lowest BCUT2D eigenvalue weighted by Crippen LogP contribution is -2.05. The highest BCUT2D eigenvalue weighted by atomic mass is 35.5. The summed E-state index contributed by atoms with van der Waals surface area (Å²) in [5.74, 6) is 1.99. The Labute approximate surface area is 178 Å². The van der Waals surface area contributed by atoms with Gasteiger partial charge in [0.1, 0.15) is 0 Å². The summed E-state index contributed by atoms with van der Waals surface area (Å²) in [7, 11) is 4.70. The molecule has 0 aliphatic carbocycles. The molecule has 0 fully saturated rings. The number of anilines is 1. The van der Waals surface area contributed by atoms with Crippen LogP contribution in [0.15, 0.2) is 42.6 Å². The van der Waals surface area contributed by atoms with E-state index >= 15 is 0 Å². The summed E-state index contributed by atoms with van der Waals surface area (Å²) in [6.07, 6.45) is 1.58. The van der Waals surface area contributed by atoms with Gasteiger partial charge in [-0.15, -0.1) is 5.10 Å². The molecule has 2 aromatic heterocycles. The molecule has 0 amide bonds. The third-order valence-corrected chi connectivity index (χ3v) is 4.83. The third kappa shape index (κ3) is 3.95. The Hall–Kier alpha value is -3.52. The number of rotatable bonds is 7. The Morgan fingerprint density at radius 3 is 2.47 bits per heavy atom. The van der Waals surface area contributed by atoms with Gasteiger partial charge in [0.2, 0.25) is 11.7 Å². The predicted octanol–water partition coefficient (Wildman–Crippen LogP) is 4.31. The lowest BCUT2D eigenvalue weighted by atomic mass is 10.1. The van der Waals surface area contributed by atoms with Crippen molar-refractivity contribution in [2.45, 2.75) is 6.54 Å². The van der Waals surface area contributed by atoms with Crippen LogP contribution in [-0.2, 0) is 6.54 Å². The summed E-state index contributed by atoms with van der Waals surface area (Å²) in [5, 5.41) is 13.1. The molecule has 0 aliphatic rings. The average Bonchev–Trinajstić information content (AvgIpc) is 3.18. The van der Waals surface area contributed by atoms with Gasteiger partial charge < -0.3 is 24.5 Å². The summed E-state index contributed by atoms with van der Waals surface area (Å²) in [4.78, 5) is 7.90. The number of halogens is 1. The van der Waals surface area contributed by atoms with E-state index in [0.29, 0.717) is 40.5 Å². The Morgan fingerprint density at radius 1 is 1.00 bits per heavy atom. The van der Waals surface area contributed by atoms with Gasteiger partial charge >= 0.3 is 0 Å². The van der Waals surface area contributed by atoms with Crippen LogP contribution in [0.4, 0.5) is 5.95 Å². The summed E-state index contributed by atoms with van der Waals surface area (Å²) in [5.41, 5.74) is 3.38. The Balaban J connectivity index is 1.58. The van der Waals surface area contributed by atoms with Crippen LogP contribution < -0.4 is 19.5 Å². The smallest absolute Gasteiger partial charge is 0.243 e. The van der Waals surface area contributed by atoms with Crippen LogP contribution in [-0.4, -0.2) is 41.5 Å². The number of nitrogens with zero attached hydrogens (tertiary/aromatic N) is 3. The van der Waals surface area contributed by atoms with E-state index in [4.69, 9.17) is 25.8 Å². The average molecular weight is 426 g/mol. The molecule has 0 saturated carbocycles. The molecular weight excluding hydrogens is 406 g/mol. The third-order valence-electron chi connectivity index (χ3n) is 4.59. The second kappa shape index (κ2) is 8.46. The molecule has 0 bridgehead atoms. The van der Waals surface area contributed by atoms with Gasteiger partial charge in [-0.3, -0.25) is 0 Å². The van der Waals surface area contributed by atoms with E-state index in [0.717, 1.165) is 22.2 Å². The standard InChI is InChI=1S/C21H20ClN5O3/c1-28-18-8-13(9-19(29-2)20(18)30-3)17-11-24-27-21(26-17)23-10-15-7-12-6-14(22)4-5-16(12)25-15/h4-9,11,25H,10H2,1-3H3,(H,23,26,27). The number of H-pyrrole nitrogens is 1. The van der Waals surface area contributed by atoms with Gasteiger partial charge in [0.15, 0.2) is 11.5 Å². The predicted molar refractivity (Wildman–Crippen MR) is 116 cm³/mol. The molecular formula is C21H20ClN5O3. The van der Waals surface area contributed by atoms with Crippen molar-refractivity contribution in [3.63, 3.8) is 0 Å². The molecule has 154 valence electrons. The number of nitrogens with one attached hydrogen (secondary N) is 2. The van der Waals surface area contributed by atoms with Gasteiger partial charge in [0.05, 0.1) is 39.8 Å². The second-order valence-electron chi connectivity index (χ2n) is 6.46. The number of hydrogen-bond acceptors (Lipinski definition) is 7. The van der Waals surface area contributed by atoms with Crippen LogP contribution in [0.3, 0.4) is 0 Å². The molecule has 9 heteroatoms. The molecule has 0 atom stereocenters. The zero-order chi connectivity index (χ0) is 21.1. The summed E-state index contributed by atoms with van der Waals surface area (Å²) in [6, 6.07) is 11.4. The molecule has 0 radical (unpaired) electrons. The molecule has 0 aliphatic heterocycles. The van der Waals surface area contributed by atoms with E-state index in [2.05, 4.69) is 25.5 Å². The van der Waals surface area contributed by atoms with Gasteiger partial charge in [-0.1, -0.05) is 11.6 Å². The number of aromatic nitrogens is 4. The molecule has 0 unspecified atom stereocenters. The monoisotopic (exact) mass is 425 g/mol. The Morgan fingerprint density at radius 2 is 1.77 bits per heavy atom. The van der Waals surface area contributed by atoms with Gasteiger partial charge in [-0.25, -0.2) is 4.98 Å². The highest BCUT2D eigenvalue weighted by Crippen LogP contribution is 2.40. The fraction of sp³-hybridized carbons (Fsp3) is 0.190. The Bertz CT molecular complexity index is 1170. The normalized spacial score (nSPS) is 10.8. The van der Waals surface area contributed by atoms with Gasteiger partial charge in [0, 0.05) is 27.2 Å². The second-order valence-corrected chi connectivity index (χ2v) is 6.90. The molecule has 0 saturated heterocycles. The number of ether oxygens (including phenoxy) is 3. The zero-order valence-corrected chi connectivity index (χ0v) is 17.4. The first-order valence-corrected chi connectivity index (χ1v) is 9.50. The van der Waals surface area contributed by atoms with E-state index in [-0.39, 0.29) is 0 Å². The van der Waals surface area contributed by atoms with Gasteiger partial charge in [0.25, 0.3) is 0 Å². The Kier molecular flexibility index (Phi) is 5.58. The lowest BCUT2D eigenvalue weighted by molar-refractivity contribution is 0.324. The number of benzene rings is 2. The van der Waals surface area contributed by atoms with Crippen LogP contribution in [0.5, 0.6) is 17.2 Å². The molecule has 2 N–H and O–H groups in total. The van der Waals surface area contributed by atoms with Crippen molar-refractivity contribution in [1.29, 1.82) is 0 Å². The lowest BCUT2D eigenvalue weighted by Gasteiger charge is -2.14. The number of hydrogen-bond donors (Lipinski definition) is 2. The minimum atomic E-state index is 0.401. The molecule has 0 spiro atoms. The SMILES string of the molecule is COc1cc(-c2cnnc(NCc3cc4cc(Cl)ccc4[nH]3)n2)cc(OC)c1OC. The van der Waals surface area contributed by atoms with Crippen molar-refractivity contribution in [2.75, 3.05) is 26.6 Å². The van der Waals surface area contributed by atoms with E-state index in [1.165, 1.54) is 0 Å². The fourth-order valence-corrected chi connectivity index (χ4v) is 3.36. The molecule has 2 aromatic carbocycles. The topological polar surface area (TPSA) is 94.2 Å².